The topological polar surface area (TPSA) is 57.7 Å². The number of nitrogens with zero attached hydrogens (tertiary/aromatic N) is 2. The summed E-state index contributed by atoms with van der Waals surface area (Å²) in [5.41, 5.74) is 3.06. The smallest absolute Gasteiger partial charge is 0.258 e. The minimum absolute atomic E-state index is 0.0367. The molecule has 0 aliphatic heterocycles. The van der Waals surface area contributed by atoms with Gasteiger partial charge in [0, 0.05) is 25.3 Å². The van der Waals surface area contributed by atoms with Crippen LogP contribution in [0.4, 0.5) is 11.4 Å². The van der Waals surface area contributed by atoms with Gasteiger partial charge in [-0.15, -0.1) is 0 Å². The van der Waals surface area contributed by atoms with Crippen molar-refractivity contribution in [2.75, 3.05) is 29.6 Å². The van der Waals surface area contributed by atoms with Crippen LogP contribution >= 0.6 is 0 Å². The van der Waals surface area contributed by atoms with Crippen molar-refractivity contribution >= 4 is 27.3 Å². The summed E-state index contributed by atoms with van der Waals surface area (Å²) in [5, 5.41) is 0. The van der Waals surface area contributed by atoms with Gasteiger partial charge in [0.05, 0.1) is 11.9 Å². The molecule has 2 rings (SSSR count). The van der Waals surface area contributed by atoms with Crippen LogP contribution in [0, 0.1) is 0 Å². The number of sulfonamides is 1. The Balaban J connectivity index is 2.20. The van der Waals surface area contributed by atoms with Crippen LogP contribution in [0.2, 0.25) is 0 Å². The van der Waals surface area contributed by atoms with Crippen molar-refractivity contribution < 1.29 is 13.2 Å². The molecule has 1 amide bonds. The maximum absolute atomic E-state index is 12.7. The van der Waals surface area contributed by atoms with Crippen molar-refractivity contribution in [3.05, 3.63) is 59.7 Å². The first-order chi connectivity index (χ1) is 11.9. The van der Waals surface area contributed by atoms with Gasteiger partial charge >= 0.3 is 0 Å². The molecule has 0 fully saturated rings. The molecule has 140 valence electrons. The van der Waals surface area contributed by atoms with Crippen molar-refractivity contribution in [2.24, 2.45) is 0 Å². The molecular formula is C20H26N2O3S. The third-order valence-electron chi connectivity index (χ3n) is 4.40. The maximum Gasteiger partial charge on any atom is 0.258 e. The normalized spacial score (nSPS) is 11.9. The second kappa shape index (κ2) is 7.11. The van der Waals surface area contributed by atoms with Crippen LogP contribution in [0.3, 0.4) is 0 Å². The first kappa shape index (κ1) is 20.0. The molecule has 0 aliphatic rings. The molecule has 0 spiro atoms. The predicted octanol–water partition coefficient (Wildman–Crippen LogP) is 3.66. The van der Waals surface area contributed by atoms with E-state index in [-0.39, 0.29) is 11.3 Å². The third-order valence-corrected chi connectivity index (χ3v) is 5.61. The number of anilines is 2. The Bertz CT molecular complexity index is 880. The highest BCUT2D eigenvalue weighted by molar-refractivity contribution is 7.92. The summed E-state index contributed by atoms with van der Waals surface area (Å²) >= 11 is 0. The van der Waals surface area contributed by atoms with Gasteiger partial charge in [-0.1, -0.05) is 32.9 Å². The number of hydrogen-bond acceptors (Lipinski definition) is 3. The first-order valence-corrected chi connectivity index (χ1v) is 10.2. The van der Waals surface area contributed by atoms with E-state index in [2.05, 4.69) is 20.8 Å². The van der Waals surface area contributed by atoms with Crippen LogP contribution in [-0.2, 0) is 15.4 Å². The molecule has 5 nitrogen and oxygen atoms in total. The lowest BCUT2D eigenvalue weighted by Gasteiger charge is -2.22. The third kappa shape index (κ3) is 4.43. The summed E-state index contributed by atoms with van der Waals surface area (Å²) in [6.45, 7) is 6.39. The minimum Gasteiger partial charge on any atom is -0.311 e. The molecule has 0 aliphatic carbocycles. The van der Waals surface area contributed by atoms with Gasteiger partial charge < -0.3 is 4.90 Å². The number of carbonyl (C=O) groups is 1. The van der Waals surface area contributed by atoms with E-state index in [1.165, 1.54) is 16.9 Å². The number of rotatable bonds is 4. The van der Waals surface area contributed by atoms with E-state index in [0.717, 1.165) is 6.26 Å². The molecule has 6 heteroatoms. The summed E-state index contributed by atoms with van der Waals surface area (Å²) < 4.78 is 24.4. The average Bonchev–Trinajstić information content (AvgIpc) is 2.58. The molecule has 0 aromatic heterocycles. The van der Waals surface area contributed by atoms with Crippen molar-refractivity contribution in [1.29, 1.82) is 0 Å². The Morgan fingerprint density at radius 2 is 1.31 bits per heavy atom. The van der Waals surface area contributed by atoms with Crippen LogP contribution < -0.4 is 9.21 Å². The van der Waals surface area contributed by atoms with Crippen LogP contribution in [0.1, 0.15) is 36.7 Å². The fourth-order valence-electron chi connectivity index (χ4n) is 2.50. The Hall–Kier alpha value is -2.34. The SMILES string of the molecule is CN(C(=O)c1ccc(C(C)(C)C)cc1)c1ccc(N(C)S(C)(=O)=O)cc1. The molecule has 0 heterocycles. The lowest BCUT2D eigenvalue weighted by molar-refractivity contribution is 0.0993. The van der Waals surface area contributed by atoms with E-state index in [0.29, 0.717) is 16.9 Å². The molecule has 0 atom stereocenters. The second-order valence-electron chi connectivity index (χ2n) is 7.44. The van der Waals surface area contributed by atoms with Gasteiger partial charge in [0.2, 0.25) is 10.0 Å². The second-order valence-corrected chi connectivity index (χ2v) is 9.45. The van der Waals surface area contributed by atoms with Crippen LogP contribution in [-0.4, -0.2) is 34.7 Å². The summed E-state index contributed by atoms with van der Waals surface area (Å²) in [6.07, 6.45) is 1.15. The van der Waals surface area contributed by atoms with Crippen molar-refractivity contribution in [2.45, 2.75) is 26.2 Å². The first-order valence-electron chi connectivity index (χ1n) is 8.34. The Morgan fingerprint density at radius 3 is 1.73 bits per heavy atom. The zero-order valence-corrected chi connectivity index (χ0v) is 17.0. The van der Waals surface area contributed by atoms with E-state index < -0.39 is 10.0 Å². The molecule has 26 heavy (non-hydrogen) atoms. The average molecular weight is 375 g/mol. The van der Waals surface area contributed by atoms with E-state index in [1.807, 2.05) is 24.3 Å². The molecule has 0 unspecified atom stereocenters. The van der Waals surface area contributed by atoms with E-state index in [9.17, 15) is 13.2 Å². The quantitative estimate of drug-likeness (QED) is 0.821. The number of hydrogen-bond donors (Lipinski definition) is 0. The monoisotopic (exact) mass is 374 g/mol. The maximum atomic E-state index is 12.7. The zero-order chi connectivity index (χ0) is 19.7. The van der Waals surface area contributed by atoms with Crippen LogP contribution in [0.15, 0.2) is 48.5 Å². The highest BCUT2D eigenvalue weighted by atomic mass is 32.2. The summed E-state index contributed by atoms with van der Waals surface area (Å²) in [4.78, 5) is 14.3. The van der Waals surface area contributed by atoms with Gasteiger partial charge in [0.25, 0.3) is 5.91 Å². The van der Waals surface area contributed by atoms with Crippen LogP contribution in [0.5, 0.6) is 0 Å². The van der Waals surface area contributed by atoms with Crippen molar-refractivity contribution in [1.82, 2.24) is 0 Å². The molecule has 0 saturated heterocycles. The molecular weight excluding hydrogens is 348 g/mol. The number of carbonyl (C=O) groups excluding carboxylic acids is 1. The largest absolute Gasteiger partial charge is 0.311 e. The lowest BCUT2D eigenvalue weighted by atomic mass is 9.86. The fourth-order valence-corrected chi connectivity index (χ4v) is 3.01. The van der Waals surface area contributed by atoms with Crippen molar-refractivity contribution in [3.8, 4) is 0 Å². The van der Waals surface area contributed by atoms with E-state index >= 15 is 0 Å². The summed E-state index contributed by atoms with van der Waals surface area (Å²) in [5.74, 6) is -0.116. The summed E-state index contributed by atoms with van der Waals surface area (Å²) in [6, 6.07) is 14.5. The molecule has 0 radical (unpaired) electrons. The van der Waals surface area contributed by atoms with Gasteiger partial charge in [-0.05, 0) is 47.4 Å². The van der Waals surface area contributed by atoms with Gasteiger partial charge in [0.15, 0.2) is 0 Å². The summed E-state index contributed by atoms with van der Waals surface area (Å²) in [7, 11) is -0.112. The molecule has 0 saturated carbocycles. The van der Waals surface area contributed by atoms with Gasteiger partial charge in [0.1, 0.15) is 0 Å². The molecule has 2 aromatic carbocycles. The Morgan fingerprint density at radius 1 is 0.846 bits per heavy atom. The van der Waals surface area contributed by atoms with Crippen LogP contribution in [0.25, 0.3) is 0 Å². The lowest BCUT2D eigenvalue weighted by Crippen LogP contribution is -2.27. The van der Waals surface area contributed by atoms with E-state index in [4.69, 9.17) is 0 Å². The van der Waals surface area contributed by atoms with Crippen molar-refractivity contribution in [3.63, 3.8) is 0 Å². The Labute approximate surface area is 156 Å². The molecule has 0 bridgehead atoms. The zero-order valence-electron chi connectivity index (χ0n) is 16.1. The number of benzene rings is 2. The van der Waals surface area contributed by atoms with Gasteiger partial charge in [-0.25, -0.2) is 8.42 Å². The highest BCUT2D eigenvalue weighted by Gasteiger charge is 2.18. The molecule has 2 aromatic rings. The number of amides is 1. The Kier molecular flexibility index (Phi) is 5.47. The standard InChI is InChI=1S/C20H26N2O3S/c1-20(2,3)16-9-7-15(8-10-16)19(23)21(4)17-11-13-18(14-12-17)22(5)26(6,24)25/h7-14H,1-6H3. The highest BCUT2D eigenvalue weighted by Crippen LogP contribution is 2.24. The minimum atomic E-state index is -3.31. The molecule has 0 N–H and O–H groups in total. The van der Waals surface area contributed by atoms with E-state index in [1.54, 1.807) is 36.2 Å². The van der Waals surface area contributed by atoms with Gasteiger partial charge in [-0.3, -0.25) is 9.10 Å². The predicted molar refractivity (Wildman–Crippen MR) is 108 cm³/mol. The fraction of sp³-hybridized carbons (Fsp3) is 0.350. The van der Waals surface area contributed by atoms with Gasteiger partial charge in [-0.2, -0.15) is 0 Å².